The molecule has 0 saturated carbocycles. The maximum atomic E-state index is 12.9. The van der Waals surface area contributed by atoms with E-state index in [0.29, 0.717) is 10.8 Å². The first-order valence-electron chi connectivity index (χ1n) is 8.05. The second kappa shape index (κ2) is 8.73. The van der Waals surface area contributed by atoms with Crippen molar-refractivity contribution in [2.75, 3.05) is 6.54 Å². The molecule has 0 aliphatic heterocycles. The molecule has 1 unspecified atom stereocenters. The number of carbonyl (C=O) groups is 2. The molecule has 2 aromatic carbocycles. The Kier molecular flexibility index (Phi) is 6.63. The molecule has 1 atom stereocenters. The van der Waals surface area contributed by atoms with Gasteiger partial charge in [-0.3, -0.25) is 4.79 Å². The molecule has 0 spiro atoms. The van der Waals surface area contributed by atoms with Gasteiger partial charge in [0.15, 0.2) is 5.60 Å². The molecule has 0 saturated heterocycles. The average molecular weight is 396 g/mol. The highest BCUT2D eigenvalue weighted by Crippen LogP contribution is 2.22. The van der Waals surface area contributed by atoms with Crippen LogP contribution in [0, 0.1) is 5.82 Å². The quantitative estimate of drug-likeness (QED) is 0.716. The molecule has 0 fully saturated rings. The summed E-state index contributed by atoms with van der Waals surface area (Å²) in [5, 5.41) is 12.2. The lowest BCUT2D eigenvalue weighted by Crippen LogP contribution is -2.50. The number of amides is 1. The van der Waals surface area contributed by atoms with Crippen LogP contribution < -0.4 is 14.8 Å². The third kappa shape index (κ3) is 6.14. The summed E-state index contributed by atoms with van der Waals surface area (Å²) in [7, 11) is 0. The number of rotatable bonds is 8. The van der Waals surface area contributed by atoms with Crippen LogP contribution in [0.5, 0.6) is 11.5 Å². The predicted octanol–water partition coefficient (Wildman–Crippen LogP) is 3.28. The molecule has 1 amide bonds. The van der Waals surface area contributed by atoms with E-state index in [1.807, 2.05) is 0 Å². The fourth-order valence-electron chi connectivity index (χ4n) is 2.13. The van der Waals surface area contributed by atoms with E-state index in [4.69, 9.17) is 21.1 Å². The Morgan fingerprint density at radius 2 is 1.85 bits per heavy atom. The molecule has 8 heteroatoms. The van der Waals surface area contributed by atoms with Crippen LogP contribution in [0.3, 0.4) is 0 Å². The highest BCUT2D eigenvalue weighted by molar-refractivity contribution is 6.30. The highest BCUT2D eigenvalue weighted by Gasteiger charge is 2.31. The van der Waals surface area contributed by atoms with Gasteiger partial charge in [0.05, 0.1) is 6.54 Å². The van der Waals surface area contributed by atoms with E-state index in [1.54, 1.807) is 38.1 Å². The van der Waals surface area contributed by atoms with E-state index in [9.17, 15) is 19.1 Å². The fourth-order valence-corrected chi connectivity index (χ4v) is 2.31. The largest absolute Gasteiger partial charge is 0.478 e. The first-order chi connectivity index (χ1) is 12.7. The van der Waals surface area contributed by atoms with Gasteiger partial charge in [-0.2, -0.15) is 0 Å². The Labute approximate surface area is 160 Å². The molecular weight excluding hydrogens is 377 g/mol. The summed E-state index contributed by atoms with van der Waals surface area (Å²) in [6.07, 6.45) is -1.35. The molecule has 2 rings (SSSR count). The zero-order chi connectivity index (χ0) is 20.0. The number of carboxylic acids is 1. The van der Waals surface area contributed by atoms with Gasteiger partial charge in [0.2, 0.25) is 6.10 Å². The van der Waals surface area contributed by atoms with E-state index in [2.05, 4.69) is 5.32 Å². The van der Waals surface area contributed by atoms with Gasteiger partial charge < -0.3 is 19.9 Å². The molecular formula is C19H19ClFNO5. The second-order valence-electron chi connectivity index (χ2n) is 6.18. The average Bonchev–Trinajstić information content (AvgIpc) is 2.59. The van der Waals surface area contributed by atoms with Crippen LogP contribution in [0.2, 0.25) is 5.02 Å². The van der Waals surface area contributed by atoms with Crippen LogP contribution in [0.25, 0.3) is 0 Å². The van der Waals surface area contributed by atoms with E-state index >= 15 is 0 Å². The van der Waals surface area contributed by atoms with Crippen molar-refractivity contribution in [3.63, 3.8) is 0 Å². The molecule has 0 radical (unpaired) electrons. The van der Waals surface area contributed by atoms with Gasteiger partial charge in [0.25, 0.3) is 5.91 Å². The zero-order valence-corrected chi connectivity index (χ0v) is 15.5. The number of hydrogen-bond donors (Lipinski definition) is 2. The first kappa shape index (κ1) is 20.5. The van der Waals surface area contributed by atoms with Crippen molar-refractivity contribution in [2.24, 2.45) is 0 Å². The number of benzene rings is 2. The Hall–Kier alpha value is -2.80. The van der Waals surface area contributed by atoms with E-state index in [-0.39, 0.29) is 12.3 Å². The van der Waals surface area contributed by atoms with E-state index in [0.717, 1.165) is 12.1 Å². The van der Waals surface area contributed by atoms with Crippen LogP contribution in [0.1, 0.15) is 13.8 Å². The number of carbonyl (C=O) groups excluding carboxylic acids is 1. The molecule has 0 heterocycles. The summed E-state index contributed by atoms with van der Waals surface area (Å²) in [6.45, 7) is 2.79. The molecule has 2 aromatic rings. The summed E-state index contributed by atoms with van der Waals surface area (Å²) < 4.78 is 23.9. The third-order valence-electron chi connectivity index (χ3n) is 3.53. The molecule has 0 aliphatic rings. The lowest BCUT2D eigenvalue weighted by Gasteiger charge is -2.26. The molecule has 0 bridgehead atoms. The monoisotopic (exact) mass is 395 g/mol. The van der Waals surface area contributed by atoms with Gasteiger partial charge in [-0.05, 0) is 56.3 Å². The van der Waals surface area contributed by atoms with Crippen molar-refractivity contribution in [1.82, 2.24) is 5.32 Å². The molecule has 144 valence electrons. The Balaban J connectivity index is 1.97. The maximum absolute atomic E-state index is 12.9. The minimum Gasteiger partial charge on any atom is -0.478 e. The molecule has 0 aliphatic carbocycles. The van der Waals surface area contributed by atoms with Crippen molar-refractivity contribution in [3.8, 4) is 11.5 Å². The number of hydrogen-bond acceptors (Lipinski definition) is 4. The number of halogens is 2. The van der Waals surface area contributed by atoms with Gasteiger partial charge >= 0.3 is 5.97 Å². The number of carboxylic acid groups (broad SMARTS) is 1. The lowest BCUT2D eigenvalue weighted by molar-refractivity contribution is -0.145. The van der Waals surface area contributed by atoms with E-state index in [1.165, 1.54) is 12.1 Å². The van der Waals surface area contributed by atoms with Crippen molar-refractivity contribution in [3.05, 3.63) is 59.4 Å². The van der Waals surface area contributed by atoms with E-state index < -0.39 is 29.4 Å². The van der Waals surface area contributed by atoms with Gasteiger partial charge in [-0.15, -0.1) is 0 Å². The van der Waals surface area contributed by atoms with Crippen molar-refractivity contribution >= 4 is 23.5 Å². The summed E-state index contributed by atoms with van der Waals surface area (Å²) in [5.41, 5.74) is -1.27. The van der Waals surface area contributed by atoms with Crippen molar-refractivity contribution < 1.29 is 28.6 Å². The Morgan fingerprint density at radius 3 is 2.44 bits per heavy atom. The SMILES string of the molecule is CC(C)(Oc1cccc(Cl)c1)C(=O)NCC(Oc1ccc(F)cc1)C(=O)O. The van der Waals surface area contributed by atoms with Crippen molar-refractivity contribution in [1.29, 1.82) is 0 Å². The van der Waals surface area contributed by atoms with Gasteiger partial charge in [0, 0.05) is 5.02 Å². The molecule has 0 aromatic heterocycles. The summed E-state index contributed by atoms with van der Waals surface area (Å²) >= 11 is 5.89. The highest BCUT2D eigenvalue weighted by atomic mass is 35.5. The summed E-state index contributed by atoms with van der Waals surface area (Å²) in [5.74, 6) is -1.69. The van der Waals surface area contributed by atoms with Crippen molar-refractivity contribution in [2.45, 2.75) is 25.6 Å². The smallest absolute Gasteiger partial charge is 0.346 e. The Bertz CT molecular complexity index is 810. The van der Waals surface area contributed by atoms with Crippen LogP contribution in [0.4, 0.5) is 4.39 Å². The van der Waals surface area contributed by atoms with Gasteiger partial charge in [-0.1, -0.05) is 17.7 Å². The van der Waals surface area contributed by atoms with Crippen LogP contribution in [0.15, 0.2) is 48.5 Å². The first-order valence-corrected chi connectivity index (χ1v) is 8.43. The van der Waals surface area contributed by atoms with Crippen LogP contribution >= 0.6 is 11.6 Å². The van der Waals surface area contributed by atoms with Gasteiger partial charge in [-0.25, -0.2) is 9.18 Å². The topological polar surface area (TPSA) is 84.9 Å². The predicted molar refractivity (Wildman–Crippen MR) is 97.6 cm³/mol. The minimum absolute atomic E-state index is 0.174. The summed E-state index contributed by atoms with van der Waals surface area (Å²) in [4.78, 5) is 23.8. The minimum atomic E-state index is -1.35. The molecule has 27 heavy (non-hydrogen) atoms. The number of aliphatic carboxylic acids is 1. The third-order valence-corrected chi connectivity index (χ3v) is 3.77. The van der Waals surface area contributed by atoms with Crippen LogP contribution in [-0.4, -0.2) is 35.2 Å². The Morgan fingerprint density at radius 1 is 1.19 bits per heavy atom. The fraction of sp³-hybridized carbons (Fsp3) is 0.263. The standard InChI is InChI=1S/C19H19ClFNO5/c1-19(2,27-15-5-3-4-12(20)10-15)18(25)22-11-16(17(23)24)26-14-8-6-13(21)7-9-14/h3-10,16H,11H2,1-2H3,(H,22,25)(H,23,24). The summed E-state index contributed by atoms with van der Waals surface area (Å²) in [6, 6.07) is 11.5. The van der Waals surface area contributed by atoms with Crippen LogP contribution in [-0.2, 0) is 9.59 Å². The lowest BCUT2D eigenvalue weighted by atomic mass is 10.1. The normalized spacial score (nSPS) is 12.1. The number of ether oxygens (including phenoxy) is 2. The molecule has 6 nitrogen and oxygen atoms in total. The zero-order valence-electron chi connectivity index (χ0n) is 14.7. The van der Waals surface area contributed by atoms with Gasteiger partial charge in [0.1, 0.15) is 17.3 Å². The maximum Gasteiger partial charge on any atom is 0.346 e. The number of nitrogens with one attached hydrogen (secondary N) is 1. The molecule has 2 N–H and O–H groups in total. The second-order valence-corrected chi connectivity index (χ2v) is 6.61.